The van der Waals surface area contributed by atoms with Gasteiger partial charge in [-0.15, -0.1) is 0 Å². The summed E-state index contributed by atoms with van der Waals surface area (Å²) in [6, 6.07) is 9.65. The molecule has 1 aromatic carbocycles. The third-order valence-electron chi connectivity index (χ3n) is 3.84. The molecule has 6 nitrogen and oxygen atoms in total. The maximum Gasteiger partial charge on any atom is 0.236 e. The molecule has 0 amide bonds. The number of hydrogen-bond donors (Lipinski definition) is 1. The predicted molar refractivity (Wildman–Crippen MR) is 88.5 cm³/mol. The van der Waals surface area contributed by atoms with Crippen molar-refractivity contribution in [2.24, 2.45) is 0 Å². The summed E-state index contributed by atoms with van der Waals surface area (Å²) < 4.78 is 12.4. The molecule has 0 saturated carbocycles. The quantitative estimate of drug-likeness (QED) is 0.867. The minimum absolute atomic E-state index is 0.204. The van der Waals surface area contributed by atoms with Crippen LogP contribution in [-0.4, -0.2) is 38.2 Å². The Balaban J connectivity index is 1.69. The highest BCUT2D eigenvalue weighted by Gasteiger charge is 2.24. The fourth-order valence-corrected chi connectivity index (χ4v) is 2.74. The first-order valence-corrected chi connectivity index (χ1v) is 8.29. The van der Waals surface area contributed by atoms with Gasteiger partial charge in [-0.05, 0) is 24.3 Å². The van der Waals surface area contributed by atoms with Gasteiger partial charge in [0, 0.05) is 4.47 Å². The van der Waals surface area contributed by atoms with E-state index in [0.29, 0.717) is 17.5 Å². The van der Waals surface area contributed by atoms with E-state index in [2.05, 4.69) is 38.9 Å². The van der Waals surface area contributed by atoms with E-state index in [4.69, 9.17) is 9.15 Å². The van der Waals surface area contributed by atoms with Crippen LogP contribution >= 0.6 is 15.9 Å². The van der Waals surface area contributed by atoms with Gasteiger partial charge in [0.2, 0.25) is 17.5 Å². The molecule has 3 rings (SSSR count). The van der Waals surface area contributed by atoms with Crippen LogP contribution in [0.4, 0.5) is 5.88 Å². The third-order valence-corrected chi connectivity index (χ3v) is 4.37. The molecule has 0 spiro atoms. The first-order valence-electron chi connectivity index (χ1n) is 7.50. The van der Waals surface area contributed by atoms with Crippen molar-refractivity contribution in [3.05, 3.63) is 40.3 Å². The minimum atomic E-state index is 0.204. The molecule has 1 aliphatic rings. The Bertz CT molecular complexity index is 700. The van der Waals surface area contributed by atoms with Gasteiger partial charge in [0.25, 0.3) is 0 Å². The number of nitrogens with one attached hydrogen (secondary N) is 1. The zero-order valence-electron chi connectivity index (χ0n) is 12.9. The molecule has 2 heterocycles. The van der Waals surface area contributed by atoms with E-state index >= 15 is 0 Å². The number of nitriles is 1. The summed E-state index contributed by atoms with van der Waals surface area (Å²) in [5, 5.41) is 9.28. The highest BCUT2D eigenvalue weighted by Crippen LogP contribution is 2.23. The van der Waals surface area contributed by atoms with Crippen molar-refractivity contribution in [1.29, 1.82) is 5.26 Å². The molecular weight excluding hydrogens is 360 g/mol. The van der Waals surface area contributed by atoms with E-state index in [0.717, 1.165) is 36.4 Å². The normalized spacial score (nSPS) is 15.4. The van der Waals surface area contributed by atoms with Crippen molar-refractivity contribution < 1.29 is 14.1 Å². The first kappa shape index (κ1) is 15.8. The molecule has 0 bridgehead atoms. The van der Waals surface area contributed by atoms with Crippen molar-refractivity contribution >= 4 is 21.8 Å². The number of piperazine rings is 1. The van der Waals surface area contributed by atoms with Crippen LogP contribution in [0.15, 0.2) is 33.2 Å². The first-order chi connectivity index (χ1) is 11.2. The molecule has 0 radical (unpaired) electrons. The molecule has 1 saturated heterocycles. The number of anilines is 1. The van der Waals surface area contributed by atoms with Crippen LogP contribution in [0.2, 0.25) is 0 Å². The van der Waals surface area contributed by atoms with Crippen LogP contribution in [0.3, 0.4) is 0 Å². The number of halogens is 1. The van der Waals surface area contributed by atoms with E-state index < -0.39 is 0 Å². The summed E-state index contributed by atoms with van der Waals surface area (Å²) >= 11 is 3.38. The molecule has 1 aromatic heterocycles. The number of rotatable bonds is 4. The van der Waals surface area contributed by atoms with Crippen LogP contribution in [0, 0.1) is 11.3 Å². The van der Waals surface area contributed by atoms with Crippen molar-refractivity contribution in [1.82, 2.24) is 4.98 Å². The highest BCUT2D eigenvalue weighted by atomic mass is 79.9. The Morgan fingerprint density at radius 2 is 2.04 bits per heavy atom. The number of ether oxygens (including phenoxy) is 1. The number of likely N-dealkylation sites (N-methyl/N-ethyl adjacent to an activating group) is 1. The van der Waals surface area contributed by atoms with E-state index in [1.165, 1.54) is 4.90 Å². The van der Waals surface area contributed by atoms with Gasteiger partial charge in [-0.3, -0.25) is 0 Å². The topological polar surface area (TPSA) is 66.7 Å². The Kier molecular flexibility index (Phi) is 4.84. The predicted octanol–water partition coefficient (Wildman–Crippen LogP) is 1.22. The molecule has 2 aromatic rings. The molecule has 7 heteroatoms. The van der Waals surface area contributed by atoms with Gasteiger partial charge < -0.3 is 19.0 Å². The lowest BCUT2D eigenvalue weighted by Gasteiger charge is -2.29. The molecule has 1 aliphatic heterocycles. The summed E-state index contributed by atoms with van der Waals surface area (Å²) in [5.74, 6) is 1.72. The molecule has 0 aliphatic carbocycles. The Hall–Kier alpha value is -2.04. The highest BCUT2D eigenvalue weighted by molar-refractivity contribution is 9.10. The lowest BCUT2D eigenvalue weighted by atomic mass is 10.3. The zero-order valence-corrected chi connectivity index (χ0v) is 14.5. The Labute approximate surface area is 143 Å². The van der Waals surface area contributed by atoms with E-state index in [9.17, 15) is 5.26 Å². The van der Waals surface area contributed by atoms with Crippen molar-refractivity contribution in [3.63, 3.8) is 0 Å². The van der Waals surface area contributed by atoms with Crippen LogP contribution in [-0.2, 0) is 6.61 Å². The fourth-order valence-electron chi connectivity index (χ4n) is 2.47. The number of aromatic nitrogens is 1. The zero-order chi connectivity index (χ0) is 16.2. The van der Waals surface area contributed by atoms with Gasteiger partial charge in [0.15, 0.2) is 6.61 Å². The summed E-state index contributed by atoms with van der Waals surface area (Å²) in [5.41, 5.74) is 0.332. The van der Waals surface area contributed by atoms with Gasteiger partial charge in [-0.1, -0.05) is 15.9 Å². The van der Waals surface area contributed by atoms with Crippen LogP contribution in [0.1, 0.15) is 11.6 Å². The second-order valence-corrected chi connectivity index (χ2v) is 6.48. The summed E-state index contributed by atoms with van der Waals surface area (Å²) in [4.78, 5) is 7.81. The average molecular weight is 378 g/mol. The smallest absolute Gasteiger partial charge is 0.236 e. The summed E-state index contributed by atoms with van der Waals surface area (Å²) in [6.45, 7) is 3.98. The Morgan fingerprint density at radius 1 is 1.35 bits per heavy atom. The summed E-state index contributed by atoms with van der Waals surface area (Å²) in [6.07, 6.45) is 0. The number of hydrogen-bond acceptors (Lipinski definition) is 5. The third kappa shape index (κ3) is 3.84. The lowest BCUT2D eigenvalue weighted by molar-refractivity contribution is -0.880. The maximum absolute atomic E-state index is 9.28. The van der Waals surface area contributed by atoms with Crippen molar-refractivity contribution in [2.45, 2.75) is 6.61 Å². The van der Waals surface area contributed by atoms with E-state index in [1.807, 2.05) is 24.3 Å². The number of benzene rings is 1. The van der Waals surface area contributed by atoms with Gasteiger partial charge in [0.1, 0.15) is 11.8 Å². The molecule has 1 N–H and O–H groups in total. The van der Waals surface area contributed by atoms with Gasteiger partial charge >= 0.3 is 0 Å². The minimum Gasteiger partial charge on any atom is -0.484 e. The standard InChI is InChI=1S/C16H17BrN4O2/c1-20-6-8-21(9-7-20)16-14(10-18)19-15(23-16)11-22-13-4-2-12(17)3-5-13/h2-5H,6-9,11H2,1H3/p+1. The monoisotopic (exact) mass is 377 g/mol. The van der Waals surface area contributed by atoms with Gasteiger partial charge in [0.05, 0.1) is 33.2 Å². The number of nitrogens with zero attached hydrogens (tertiary/aromatic N) is 3. The van der Waals surface area contributed by atoms with E-state index in [-0.39, 0.29) is 6.61 Å². The molecule has 1 fully saturated rings. The van der Waals surface area contributed by atoms with Gasteiger partial charge in [-0.2, -0.15) is 10.2 Å². The van der Waals surface area contributed by atoms with Crippen LogP contribution in [0.5, 0.6) is 5.75 Å². The van der Waals surface area contributed by atoms with Crippen LogP contribution in [0.25, 0.3) is 0 Å². The van der Waals surface area contributed by atoms with Gasteiger partial charge in [-0.25, -0.2) is 0 Å². The largest absolute Gasteiger partial charge is 0.484 e. The molecule has 23 heavy (non-hydrogen) atoms. The van der Waals surface area contributed by atoms with E-state index in [1.54, 1.807) is 0 Å². The molecule has 0 unspecified atom stereocenters. The molecule has 0 atom stereocenters. The van der Waals surface area contributed by atoms with Crippen LogP contribution < -0.4 is 14.5 Å². The Morgan fingerprint density at radius 3 is 2.70 bits per heavy atom. The number of oxazole rings is 1. The molecular formula is C16H18BrN4O2+. The SMILES string of the molecule is C[NH+]1CCN(c2oc(COc3ccc(Br)cc3)nc2C#N)CC1. The van der Waals surface area contributed by atoms with Crippen molar-refractivity contribution in [3.8, 4) is 11.8 Å². The maximum atomic E-state index is 9.28. The lowest BCUT2D eigenvalue weighted by Crippen LogP contribution is -3.12. The van der Waals surface area contributed by atoms with Crippen molar-refractivity contribution in [2.75, 3.05) is 38.1 Å². The second kappa shape index (κ2) is 7.02. The average Bonchev–Trinajstić information content (AvgIpc) is 2.98. The summed E-state index contributed by atoms with van der Waals surface area (Å²) in [7, 11) is 2.17. The molecule has 120 valence electrons. The number of quaternary nitrogens is 1. The fraction of sp³-hybridized carbons (Fsp3) is 0.375. The second-order valence-electron chi connectivity index (χ2n) is 5.56.